The zero-order valence-electron chi connectivity index (χ0n) is 9.47. The van der Waals surface area contributed by atoms with E-state index in [9.17, 15) is 0 Å². The number of benzene rings is 1. The van der Waals surface area contributed by atoms with E-state index in [-0.39, 0.29) is 0 Å². The first kappa shape index (κ1) is 9.22. The molecule has 4 heteroatoms. The highest BCUT2D eigenvalue weighted by Crippen LogP contribution is 2.37. The van der Waals surface area contributed by atoms with Crippen molar-refractivity contribution in [3.05, 3.63) is 24.5 Å². The molecule has 0 radical (unpaired) electrons. The topological polar surface area (TPSA) is 38.2 Å². The third-order valence-corrected chi connectivity index (χ3v) is 3.69. The number of hydrogen-bond donors (Lipinski definition) is 0. The maximum Gasteiger partial charge on any atom is 0.144 e. The minimum Gasteiger partial charge on any atom is -0.491 e. The van der Waals surface area contributed by atoms with E-state index in [1.165, 1.54) is 12.8 Å². The highest BCUT2D eigenvalue weighted by Gasteiger charge is 2.31. The van der Waals surface area contributed by atoms with Crippen molar-refractivity contribution in [3.8, 4) is 5.75 Å². The molecule has 1 aromatic heterocycles. The lowest BCUT2D eigenvalue weighted by Crippen LogP contribution is -2.33. The summed E-state index contributed by atoms with van der Waals surface area (Å²) in [5.74, 6) is 1.97. The van der Waals surface area contributed by atoms with Crippen LogP contribution in [0.15, 0.2) is 24.5 Å². The minimum atomic E-state index is 0.473. The molecular weight excluding hydrogens is 214 g/mol. The van der Waals surface area contributed by atoms with Gasteiger partial charge in [-0.25, -0.2) is 9.97 Å². The van der Waals surface area contributed by atoms with E-state index in [0.29, 0.717) is 6.04 Å². The molecule has 1 fully saturated rings. The Morgan fingerprint density at radius 2 is 2.29 bits per heavy atom. The van der Waals surface area contributed by atoms with Crippen LogP contribution in [-0.2, 0) is 0 Å². The summed E-state index contributed by atoms with van der Waals surface area (Å²) >= 11 is 0. The first-order valence-corrected chi connectivity index (χ1v) is 6.06. The van der Waals surface area contributed by atoms with Crippen molar-refractivity contribution >= 4 is 16.7 Å². The van der Waals surface area contributed by atoms with Crippen LogP contribution in [0.4, 0.5) is 5.82 Å². The molecule has 2 aliphatic rings. The summed E-state index contributed by atoms with van der Waals surface area (Å²) in [6.07, 6.45) is 4.07. The number of fused-ring (bicyclic) bond motifs is 2. The van der Waals surface area contributed by atoms with Gasteiger partial charge in [-0.2, -0.15) is 0 Å². The van der Waals surface area contributed by atoms with Gasteiger partial charge in [0.1, 0.15) is 24.5 Å². The first-order valence-electron chi connectivity index (χ1n) is 6.06. The molecular formula is C13H13N3O. The van der Waals surface area contributed by atoms with Crippen LogP contribution < -0.4 is 9.64 Å². The smallest absolute Gasteiger partial charge is 0.144 e. The van der Waals surface area contributed by atoms with Gasteiger partial charge in [0.15, 0.2) is 0 Å². The molecule has 2 aliphatic heterocycles. The Labute approximate surface area is 99.2 Å². The van der Waals surface area contributed by atoms with E-state index in [1.807, 2.05) is 18.2 Å². The molecule has 2 aromatic rings. The molecule has 0 spiro atoms. The second-order valence-corrected chi connectivity index (χ2v) is 4.65. The summed E-state index contributed by atoms with van der Waals surface area (Å²) in [6.45, 7) is 1.84. The van der Waals surface area contributed by atoms with Crippen LogP contribution in [0.2, 0.25) is 0 Å². The predicted molar refractivity (Wildman–Crippen MR) is 65.4 cm³/mol. The lowest BCUT2D eigenvalue weighted by Gasteiger charge is -2.22. The van der Waals surface area contributed by atoms with Crippen molar-refractivity contribution in [2.45, 2.75) is 18.9 Å². The van der Waals surface area contributed by atoms with Gasteiger partial charge < -0.3 is 9.64 Å². The lowest BCUT2D eigenvalue weighted by molar-refractivity contribution is 0.296. The Balaban J connectivity index is 2.05. The monoisotopic (exact) mass is 227 g/mol. The second-order valence-electron chi connectivity index (χ2n) is 4.65. The zero-order valence-corrected chi connectivity index (χ0v) is 9.47. The fraction of sp³-hybridized carbons (Fsp3) is 0.385. The first-order chi connectivity index (χ1) is 8.43. The van der Waals surface area contributed by atoms with Gasteiger partial charge in [-0.3, -0.25) is 0 Å². The lowest BCUT2D eigenvalue weighted by atomic mass is 10.2. The van der Waals surface area contributed by atoms with Gasteiger partial charge in [-0.15, -0.1) is 0 Å². The van der Waals surface area contributed by atoms with Crippen LogP contribution in [0.25, 0.3) is 10.9 Å². The summed E-state index contributed by atoms with van der Waals surface area (Å²) in [7, 11) is 0. The molecule has 1 saturated heterocycles. The molecule has 0 bridgehead atoms. The van der Waals surface area contributed by atoms with E-state index in [1.54, 1.807) is 6.33 Å². The van der Waals surface area contributed by atoms with E-state index >= 15 is 0 Å². The molecule has 17 heavy (non-hydrogen) atoms. The fourth-order valence-corrected chi connectivity index (χ4v) is 2.87. The summed E-state index contributed by atoms with van der Waals surface area (Å²) < 4.78 is 5.91. The van der Waals surface area contributed by atoms with E-state index < -0.39 is 0 Å². The number of rotatable bonds is 0. The number of ether oxygens (including phenoxy) is 1. The third-order valence-electron chi connectivity index (χ3n) is 3.69. The molecule has 0 saturated carbocycles. The van der Waals surface area contributed by atoms with Gasteiger partial charge >= 0.3 is 0 Å². The van der Waals surface area contributed by atoms with Gasteiger partial charge in [0, 0.05) is 6.54 Å². The standard InChI is InChI=1S/C13H13N3O/c1-4-10-12-11(5-1)17-7-9-3-2-6-16(9)13(12)15-8-14-10/h1,4-5,8-9H,2-3,6-7H2/t9-/m0/s1. The minimum absolute atomic E-state index is 0.473. The van der Waals surface area contributed by atoms with Crippen LogP contribution >= 0.6 is 0 Å². The van der Waals surface area contributed by atoms with Crippen LogP contribution in [-0.4, -0.2) is 29.2 Å². The Morgan fingerprint density at radius 1 is 1.29 bits per heavy atom. The molecule has 3 heterocycles. The number of nitrogens with zero attached hydrogens (tertiary/aromatic N) is 3. The van der Waals surface area contributed by atoms with Crippen molar-refractivity contribution in [1.82, 2.24) is 9.97 Å². The fourth-order valence-electron chi connectivity index (χ4n) is 2.87. The van der Waals surface area contributed by atoms with Gasteiger partial charge in [-0.1, -0.05) is 6.07 Å². The Bertz CT molecular complexity index is 579. The molecule has 1 aromatic carbocycles. The average Bonchev–Trinajstić information content (AvgIpc) is 2.78. The van der Waals surface area contributed by atoms with Gasteiger partial charge in [0.25, 0.3) is 0 Å². The van der Waals surface area contributed by atoms with Crippen molar-refractivity contribution in [1.29, 1.82) is 0 Å². The Kier molecular flexibility index (Phi) is 1.80. The maximum atomic E-state index is 5.91. The average molecular weight is 227 g/mol. The van der Waals surface area contributed by atoms with Gasteiger partial charge in [0.05, 0.1) is 16.9 Å². The summed E-state index contributed by atoms with van der Waals surface area (Å²) in [5, 5.41) is 1.07. The van der Waals surface area contributed by atoms with E-state index in [2.05, 4.69) is 14.9 Å². The molecule has 0 unspecified atom stereocenters. The number of anilines is 1. The summed E-state index contributed by atoms with van der Waals surface area (Å²) in [6, 6.07) is 6.49. The molecule has 86 valence electrons. The number of hydrogen-bond acceptors (Lipinski definition) is 4. The van der Waals surface area contributed by atoms with Crippen molar-refractivity contribution in [3.63, 3.8) is 0 Å². The molecule has 0 N–H and O–H groups in total. The van der Waals surface area contributed by atoms with Crippen molar-refractivity contribution in [2.24, 2.45) is 0 Å². The van der Waals surface area contributed by atoms with Gasteiger partial charge in [-0.05, 0) is 25.0 Å². The SMILES string of the molecule is c1cc2c3c(ncnc3c1)N1CCC[C@H]1CO2. The van der Waals surface area contributed by atoms with Crippen molar-refractivity contribution in [2.75, 3.05) is 18.1 Å². The third kappa shape index (κ3) is 1.24. The maximum absolute atomic E-state index is 5.91. The summed E-state index contributed by atoms with van der Waals surface area (Å²) in [5.41, 5.74) is 0.972. The second kappa shape index (κ2) is 3.32. The summed E-state index contributed by atoms with van der Waals surface area (Å²) in [4.78, 5) is 11.2. The quantitative estimate of drug-likeness (QED) is 0.690. The molecule has 4 nitrogen and oxygen atoms in total. The van der Waals surface area contributed by atoms with Crippen LogP contribution in [0.3, 0.4) is 0 Å². The molecule has 1 atom stereocenters. The van der Waals surface area contributed by atoms with E-state index in [0.717, 1.165) is 35.6 Å². The number of aromatic nitrogens is 2. The highest BCUT2D eigenvalue weighted by atomic mass is 16.5. The Hall–Kier alpha value is -1.84. The van der Waals surface area contributed by atoms with Gasteiger partial charge in [0.2, 0.25) is 0 Å². The molecule has 4 rings (SSSR count). The zero-order chi connectivity index (χ0) is 11.2. The molecule has 0 aliphatic carbocycles. The highest BCUT2D eigenvalue weighted by molar-refractivity contribution is 5.95. The van der Waals surface area contributed by atoms with Crippen LogP contribution in [0, 0.1) is 0 Å². The predicted octanol–water partition coefficient (Wildman–Crippen LogP) is 1.99. The Morgan fingerprint density at radius 3 is 3.29 bits per heavy atom. The van der Waals surface area contributed by atoms with Crippen LogP contribution in [0.5, 0.6) is 5.75 Å². The largest absolute Gasteiger partial charge is 0.491 e. The van der Waals surface area contributed by atoms with Crippen LogP contribution in [0.1, 0.15) is 12.8 Å². The normalized spacial score (nSPS) is 22.1. The van der Waals surface area contributed by atoms with E-state index in [4.69, 9.17) is 4.74 Å². The van der Waals surface area contributed by atoms with Crippen molar-refractivity contribution < 1.29 is 4.74 Å². The molecule has 0 amide bonds.